The summed E-state index contributed by atoms with van der Waals surface area (Å²) in [6, 6.07) is 10.3. The predicted octanol–water partition coefficient (Wildman–Crippen LogP) is 6.38. The van der Waals surface area contributed by atoms with Crippen LogP contribution in [0.15, 0.2) is 35.7 Å². The summed E-state index contributed by atoms with van der Waals surface area (Å²) < 4.78 is 18.5. The molecular weight excluding hydrogens is 400 g/mol. The molecule has 3 atom stereocenters. The number of carbonyl (C=O) groups is 1. The number of hydrogen-bond donors (Lipinski definition) is 0. The first-order valence-corrected chi connectivity index (χ1v) is 14.0. The number of aryl methyl sites for hydroxylation is 1. The van der Waals surface area contributed by atoms with Crippen molar-refractivity contribution in [3.63, 3.8) is 0 Å². The Kier molecular flexibility index (Phi) is 6.56. The lowest BCUT2D eigenvalue weighted by molar-refractivity contribution is -0.117. The minimum absolute atomic E-state index is 0.00515. The second kappa shape index (κ2) is 8.62. The van der Waals surface area contributed by atoms with Gasteiger partial charge in [-0.15, -0.1) is 11.3 Å². The number of aldehydes is 1. The average Bonchev–Trinajstić information content (AvgIpc) is 3.32. The van der Waals surface area contributed by atoms with Crippen molar-refractivity contribution in [1.82, 2.24) is 0 Å². The lowest BCUT2D eigenvalue weighted by Crippen LogP contribution is -2.41. The summed E-state index contributed by atoms with van der Waals surface area (Å²) in [5.41, 5.74) is 1.10. The molecule has 0 saturated carbocycles. The van der Waals surface area contributed by atoms with Crippen molar-refractivity contribution in [2.75, 3.05) is 0 Å². The second-order valence-corrected chi connectivity index (χ2v) is 15.1. The van der Waals surface area contributed by atoms with E-state index in [2.05, 4.69) is 57.4 Å². The fraction of sp³-hybridized carbons (Fsp3) is 0.522. The quantitative estimate of drug-likeness (QED) is 0.359. The van der Waals surface area contributed by atoms with Gasteiger partial charge in [-0.25, -0.2) is 0 Å². The van der Waals surface area contributed by atoms with Crippen LogP contribution < -0.4 is 9.47 Å². The molecule has 0 amide bonds. The number of ether oxygens (including phenoxy) is 2. The van der Waals surface area contributed by atoms with Crippen LogP contribution in [0, 0.1) is 5.92 Å². The highest BCUT2D eigenvalue weighted by molar-refractivity contribution is 7.09. The first-order chi connectivity index (χ1) is 13.6. The van der Waals surface area contributed by atoms with Gasteiger partial charge in [0, 0.05) is 4.88 Å². The number of fused-ring (bicyclic) bond motifs is 1. The van der Waals surface area contributed by atoms with Crippen LogP contribution in [0.25, 0.3) is 0 Å². The van der Waals surface area contributed by atoms with Gasteiger partial charge in [0.1, 0.15) is 6.29 Å². The molecule has 6 heteroatoms. The molecule has 4 nitrogen and oxygen atoms in total. The molecule has 3 unspecified atom stereocenters. The SMILES string of the molecule is CC(C=O)C1Oc2ccc(C(CCc3cccs3)O[Si](C)(C)C(C)(C)C)cc2O1. The molecule has 158 valence electrons. The predicted molar refractivity (Wildman–Crippen MR) is 120 cm³/mol. The Morgan fingerprint density at radius 3 is 2.55 bits per heavy atom. The Bertz CT molecular complexity index is 826. The second-order valence-electron chi connectivity index (χ2n) is 9.29. The molecule has 0 N–H and O–H groups in total. The van der Waals surface area contributed by atoms with Crippen molar-refractivity contribution in [2.45, 2.75) is 71.1 Å². The van der Waals surface area contributed by atoms with Crippen molar-refractivity contribution in [2.24, 2.45) is 5.92 Å². The van der Waals surface area contributed by atoms with Crippen LogP contribution in [0.2, 0.25) is 18.1 Å². The van der Waals surface area contributed by atoms with Gasteiger partial charge in [-0.05, 0) is 67.0 Å². The maximum atomic E-state index is 11.1. The van der Waals surface area contributed by atoms with E-state index in [0.717, 1.165) is 24.7 Å². The minimum atomic E-state index is -1.95. The van der Waals surface area contributed by atoms with Gasteiger partial charge in [0.05, 0.1) is 12.0 Å². The van der Waals surface area contributed by atoms with Gasteiger partial charge >= 0.3 is 0 Å². The van der Waals surface area contributed by atoms with Gasteiger partial charge in [-0.2, -0.15) is 0 Å². The highest BCUT2D eigenvalue weighted by atomic mass is 32.1. The maximum Gasteiger partial charge on any atom is 0.250 e. The van der Waals surface area contributed by atoms with Crippen LogP contribution in [-0.2, 0) is 15.6 Å². The smallest absolute Gasteiger partial charge is 0.250 e. The molecule has 0 radical (unpaired) electrons. The molecule has 1 aromatic heterocycles. The van der Waals surface area contributed by atoms with Crippen molar-refractivity contribution >= 4 is 25.9 Å². The molecule has 0 bridgehead atoms. The highest BCUT2D eigenvalue weighted by Gasteiger charge is 2.40. The molecule has 29 heavy (non-hydrogen) atoms. The highest BCUT2D eigenvalue weighted by Crippen LogP contribution is 2.43. The van der Waals surface area contributed by atoms with E-state index in [1.807, 2.05) is 12.1 Å². The molecular formula is C23H32O4SSi. The van der Waals surface area contributed by atoms with Crippen LogP contribution in [0.4, 0.5) is 0 Å². The number of rotatable bonds is 8. The van der Waals surface area contributed by atoms with E-state index in [9.17, 15) is 4.79 Å². The zero-order valence-corrected chi connectivity index (χ0v) is 20.0. The number of benzene rings is 1. The van der Waals surface area contributed by atoms with Crippen molar-refractivity contribution in [3.05, 3.63) is 46.2 Å². The molecule has 2 aromatic rings. The fourth-order valence-electron chi connectivity index (χ4n) is 3.02. The third-order valence-corrected chi connectivity index (χ3v) is 11.4. The standard InChI is InChI=1S/C23H32O4SSi/c1-16(15-24)22-25-20-11-9-17(14-21(20)26-22)19(12-10-18-8-7-13-28-18)27-29(5,6)23(2,3)4/h7-9,11,13-16,19,22H,10,12H2,1-6H3. The van der Waals surface area contributed by atoms with Gasteiger partial charge < -0.3 is 18.7 Å². The fourth-order valence-corrected chi connectivity index (χ4v) is 5.07. The normalized spacial score (nSPS) is 18.5. The van der Waals surface area contributed by atoms with E-state index in [0.29, 0.717) is 11.5 Å². The maximum absolute atomic E-state index is 11.1. The largest absolute Gasteiger partial charge is 0.450 e. The number of hydrogen-bond acceptors (Lipinski definition) is 5. The molecule has 1 aliphatic rings. The summed E-state index contributed by atoms with van der Waals surface area (Å²) >= 11 is 1.79. The zero-order valence-electron chi connectivity index (χ0n) is 18.2. The lowest BCUT2D eigenvalue weighted by atomic mass is 10.0. The van der Waals surface area contributed by atoms with Gasteiger partial charge in [0.25, 0.3) is 6.29 Å². The van der Waals surface area contributed by atoms with Crippen molar-refractivity contribution < 1.29 is 18.7 Å². The summed E-state index contributed by atoms with van der Waals surface area (Å²) in [7, 11) is -1.95. The lowest BCUT2D eigenvalue weighted by Gasteiger charge is -2.39. The summed E-state index contributed by atoms with van der Waals surface area (Å²) in [5.74, 6) is 1.07. The van der Waals surface area contributed by atoms with E-state index in [1.54, 1.807) is 18.3 Å². The Morgan fingerprint density at radius 2 is 1.93 bits per heavy atom. The average molecular weight is 433 g/mol. The molecule has 2 heterocycles. The summed E-state index contributed by atoms with van der Waals surface area (Å²) in [6.07, 6.45) is 2.21. The third kappa shape index (κ3) is 5.11. The zero-order chi connectivity index (χ0) is 21.2. The van der Waals surface area contributed by atoms with Crippen LogP contribution in [0.3, 0.4) is 0 Å². The topological polar surface area (TPSA) is 44.8 Å². The van der Waals surface area contributed by atoms with Gasteiger partial charge in [-0.1, -0.05) is 32.9 Å². The molecule has 1 aromatic carbocycles. The van der Waals surface area contributed by atoms with E-state index in [1.165, 1.54) is 4.88 Å². The van der Waals surface area contributed by atoms with Gasteiger partial charge in [-0.3, -0.25) is 0 Å². The van der Waals surface area contributed by atoms with Gasteiger partial charge in [0.15, 0.2) is 19.8 Å². The summed E-state index contributed by atoms with van der Waals surface area (Å²) in [6.45, 7) is 13.2. The Labute approximate surface area is 179 Å². The molecule has 0 saturated heterocycles. The summed E-state index contributed by atoms with van der Waals surface area (Å²) in [5, 5.41) is 2.25. The Morgan fingerprint density at radius 1 is 1.21 bits per heavy atom. The molecule has 0 aliphatic carbocycles. The minimum Gasteiger partial charge on any atom is -0.450 e. The summed E-state index contributed by atoms with van der Waals surface area (Å²) in [4.78, 5) is 12.5. The number of carbonyl (C=O) groups excluding carboxylic acids is 1. The van der Waals surface area contributed by atoms with E-state index in [-0.39, 0.29) is 17.1 Å². The van der Waals surface area contributed by atoms with Crippen molar-refractivity contribution in [1.29, 1.82) is 0 Å². The molecule has 3 rings (SSSR count). The van der Waals surface area contributed by atoms with Crippen LogP contribution in [0.1, 0.15) is 50.7 Å². The molecule has 0 spiro atoms. The van der Waals surface area contributed by atoms with Crippen LogP contribution in [-0.4, -0.2) is 20.9 Å². The van der Waals surface area contributed by atoms with E-state index in [4.69, 9.17) is 13.9 Å². The third-order valence-electron chi connectivity index (χ3n) is 5.95. The Balaban J connectivity index is 1.83. The van der Waals surface area contributed by atoms with Crippen LogP contribution >= 0.6 is 11.3 Å². The van der Waals surface area contributed by atoms with Gasteiger partial charge in [0.2, 0.25) is 0 Å². The molecule has 1 aliphatic heterocycles. The van der Waals surface area contributed by atoms with Crippen LogP contribution in [0.5, 0.6) is 11.5 Å². The first kappa shape index (κ1) is 22.1. The van der Waals surface area contributed by atoms with Crippen molar-refractivity contribution in [3.8, 4) is 11.5 Å². The van der Waals surface area contributed by atoms with E-state index >= 15 is 0 Å². The Hall–Kier alpha value is -1.63. The monoisotopic (exact) mass is 432 g/mol. The first-order valence-electron chi connectivity index (χ1n) is 10.2. The molecule has 0 fully saturated rings. The number of thiophene rings is 1. The van der Waals surface area contributed by atoms with E-state index < -0.39 is 14.6 Å².